The molecule has 0 amide bonds. The van der Waals surface area contributed by atoms with Gasteiger partial charge in [-0.25, -0.2) is 0 Å². The molecule has 0 aromatic heterocycles. The summed E-state index contributed by atoms with van der Waals surface area (Å²) in [5.41, 5.74) is 1.07. The highest BCUT2D eigenvalue weighted by Gasteiger charge is 2.00. The minimum absolute atomic E-state index is 0.160. The van der Waals surface area contributed by atoms with Gasteiger partial charge in [-0.15, -0.1) is 6.58 Å². The summed E-state index contributed by atoms with van der Waals surface area (Å²) in [6, 6.07) is 0. The van der Waals surface area contributed by atoms with Crippen molar-refractivity contribution in [3.8, 4) is 0 Å². The molecule has 0 unspecified atom stereocenters. The lowest BCUT2D eigenvalue weighted by atomic mass is 10.1. The summed E-state index contributed by atoms with van der Waals surface area (Å²) >= 11 is 0. The molecule has 9 heavy (non-hydrogen) atoms. The largest absolute Gasteiger partial charge is 0.393 e. The lowest BCUT2D eigenvalue weighted by Gasteiger charge is -2.06. The Balaban J connectivity index is 3.26. The first-order valence-electron chi connectivity index (χ1n) is 3.49. The molecule has 0 aliphatic carbocycles. The van der Waals surface area contributed by atoms with Gasteiger partial charge in [-0.2, -0.15) is 0 Å². The van der Waals surface area contributed by atoms with Crippen LogP contribution in [0.15, 0.2) is 12.2 Å². The second kappa shape index (κ2) is 4.57. The van der Waals surface area contributed by atoms with E-state index in [1.165, 1.54) is 0 Å². The molecule has 1 N–H and O–H groups in total. The molecule has 0 aromatic carbocycles. The zero-order chi connectivity index (χ0) is 7.28. The van der Waals surface area contributed by atoms with Gasteiger partial charge in [0.25, 0.3) is 0 Å². The number of hydrogen-bond donors (Lipinski definition) is 1. The molecule has 0 bridgehead atoms. The number of rotatable bonds is 4. The first kappa shape index (κ1) is 8.70. The van der Waals surface area contributed by atoms with Crippen LogP contribution in [0, 0.1) is 0 Å². The summed E-state index contributed by atoms with van der Waals surface area (Å²) in [4.78, 5) is 0. The lowest BCUT2D eigenvalue weighted by Crippen LogP contribution is -2.05. The molecule has 0 fully saturated rings. The van der Waals surface area contributed by atoms with Crippen LogP contribution >= 0.6 is 0 Å². The van der Waals surface area contributed by atoms with Gasteiger partial charge in [0.15, 0.2) is 0 Å². The average Bonchev–Trinajstić information content (AvgIpc) is 1.63. The molecule has 1 nitrogen and oxygen atoms in total. The van der Waals surface area contributed by atoms with E-state index < -0.39 is 0 Å². The maximum absolute atomic E-state index is 9.16. The number of hydrogen-bond acceptors (Lipinski definition) is 1. The van der Waals surface area contributed by atoms with E-state index in [0.29, 0.717) is 0 Å². The van der Waals surface area contributed by atoms with Gasteiger partial charge in [0.1, 0.15) is 0 Å². The molecule has 0 rings (SSSR count). The normalized spacial score (nSPS) is 13.2. The van der Waals surface area contributed by atoms with Crippen LogP contribution in [-0.2, 0) is 0 Å². The summed E-state index contributed by atoms with van der Waals surface area (Å²) in [6.07, 6.45) is 2.54. The topological polar surface area (TPSA) is 20.2 Å². The summed E-state index contributed by atoms with van der Waals surface area (Å²) in [7, 11) is 0. The van der Waals surface area contributed by atoms with E-state index >= 15 is 0 Å². The Bertz CT molecular complexity index is 86.6. The maximum atomic E-state index is 9.16. The molecule has 0 aliphatic heterocycles. The molecule has 54 valence electrons. The fraction of sp³-hybridized carbons (Fsp3) is 0.750. The molecular formula is C8H16O. The molecule has 0 saturated carbocycles. The second-order valence-electron chi connectivity index (χ2n) is 2.60. The molecule has 0 radical (unpaired) electrons. The van der Waals surface area contributed by atoms with Crippen molar-refractivity contribution in [2.75, 3.05) is 0 Å². The van der Waals surface area contributed by atoms with Crippen LogP contribution in [0.4, 0.5) is 0 Å². The number of aliphatic hydroxyl groups is 1. The van der Waals surface area contributed by atoms with Gasteiger partial charge < -0.3 is 5.11 Å². The van der Waals surface area contributed by atoms with Gasteiger partial charge in [0.05, 0.1) is 6.10 Å². The second-order valence-corrected chi connectivity index (χ2v) is 2.60. The highest BCUT2D eigenvalue weighted by molar-refractivity contribution is 4.90. The Morgan fingerprint density at radius 2 is 2.22 bits per heavy atom. The third-order valence-electron chi connectivity index (χ3n) is 1.21. The Kier molecular flexibility index (Phi) is 4.41. The van der Waals surface area contributed by atoms with Crippen LogP contribution in [0.3, 0.4) is 0 Å². The molecule has 0 saturated heterocycles. The summed E-state index contributed by atoms with van der Waals surface area (Å²) < 4.78 is 0. The van der Waals surface area contributed by atoms with Crippen LogP contribution in [0.25, 0.3) is 0 Å². The molecule has 0 heterocycles. The van der Waals surface area contributed by atoms with Gasteiger partial charge in [-0.05, 0) is 19.8 Å². The molecule has 1 atom stereocenters. The molecule has 0 aromatic rings. The standard InChI is InChI=1S/C8H16O/c1-4-5-8(9)6-7(2)3/h8-9H,2,4-6H2,1,3H3/t8-/m1/s1. The van der Waals surface area contributed by atoms with Gasteiger partial charge in [-0.1, -0.05) is 18.9 Å². The summed E-state index contributed by atoms with van der Waals surface area (Å²) in [6.45, 7) is 7.73. The highest BCUT2D eigenvalue weighted by atomic mass is 16.3. The van der Waals surface area contributed by atoms with Crippen LogP contribution in [0.2, 0.25) is 0 Å². The first-order chi connectivity index (χ1) is 4.16. The average molecular weight is 128 g/mol. The van der Waals surface area contributed by atoms with E-state index in [1.807, 2.05) is 6.92 Å². The van der Waals surface area contributed by atoms with Gasteiger partial charge >= 0.3 is 0 Å². The summed E-state index contributed by atoms with van der Waals surface area (Å²) in [5, 5.41) is 9.16. The minimum atomic E-state index is -0.160. The van der Waals surface area contributed by atoms with Crippen molar-refractivity contribution in [3.05, 3.63) is 12.2 Å². The fourth-order valence-corrected chi connectivity index (χ4v) is 0.838. The SMILES string of the molecule is C=C(C)C[C@H](O)CCC. The van der Waals surface area contributed by atoms with E-state index in [-0.39, 0.29) is 6.10 Å². The van der Waals surface area contributed by atoms with Crippen molar-refractivity contribution in [2.45, 2.75) is 39.2 Å². The van der Waals surface area contributed by atoms with E-state index in [1.54, 1.807) is 0 Å². The fourth-order valence-electron chi connectivity index (χ4n) is 0.838. The van der Waals surface area contributed by atoms with E-state index in [2.05, 4.69) is 13.5 Å². The van der Waals surface area contributed by atoms with Crippen molar-refractivity contribution in [2.24, 2.45) is 0 Å². The first-order valence-corrected chi connectivity index (χ1v) is 3.49. The monoisotopic (exact) mass is 128 g/mol. The minimum Gasteiger partial charge on any atom is -0.393 e. The van der Waals surface area contributed by atoms with Crippen molar-refractivity contribution in [3.63, 3.8) is 0 Å². The Morgan fingerprint density at radius 3 is 2.56 bits per heavy atom. The van der Waals surface area contributed by atoms with E-state index in [0.717, 1.165) is 24.8 Å². The predicted octanol–water partition coefficient (Wildman–Crippen LogP) is 2.11. The van der Waals surface area contributed by atoms with E-state index in [4.69, 9.17) is 5.11 Å². The molecule has 1 heteroatoms. The zero-order valence-electron chi connectivity index (χ0n) is 6.35. The van der Waals surface area contributed by atoms with Crippen LogP contribution in [0.1, 0.15) is 33.1 Å². The molecule has 0 spiro atoms. The summed E-state index contributed by atoms with van der Waals surface area (Å²) in [5.74, 6) is 0. The highest BCUT2D eigenvalue weighted by Crippen LogP contribution is 2.06. The Labute approximate surface area is 57.4 Å². The van der Waals surface area contributed by atoms with Crippen LogP contribution in [0.5, 0.6) is 0 Å². The van der Waals surface area contributed by atoms with Gasteiger partial charge in [0, 0.05) is 0 Å². The molecular weight excluding hydrogens is 112 g/mol. The van der Waals surface area contributed by atoms with Crippen molar-refractivity contribution in [1.29, 1.82) is 0 Å². The smallest absolute Gasteiger partial charge is 0.0577 e. The lowest BCUT2D eigenvalue weighted by molar-refractivity contribution is 0.164. The third kappa shape index (κ3) is 5.57. The van der Waals surface area contributed by atoms with Crippen molar-refractivity contribution >= 4 is 0 Å². The van der Waals surface area contributed by atoms with Gasteiger partial charge in [-0.3, -0.25) is 0 Å². The maximum Gasteiger partial charge on any atom is 0.0577 e. The Hall–Kier alpha value is -0.300. The van der Waals surface area contributed by atoms with Crippen LogP contribution in [-0.4, -0.2) is 11.2 Å². The van der Waals surface area contributed by atoms with Gasteiger partial charge in [0.2, 0.25) is 0 Å². The molecule has 0 aliphatic rings. The van der Waals surface area contributed by atoms with Crippen molar-refractivity contribution in [1.82, 2.24) is 0 Å². The van der Waals surface area contributed by atoms with E-state index in [9.17, 15) is 0 Å². The zero-order valence-corrected chi connectivity index (χ0v) is 6.35. The van der Waals surface area contributed by atoms with Crippen molar-refractivity contribution < 1.29 is 5.11 Å². The third-order valence-corrected chi connectivity index (χ3v) is 1.21. The number of aliphatic hydroxyl groups excluding tert-OH is 1. The quantitative estimate of drug-likeness (QED) is 0.575. The van der Waals surface area contributed by atoms with Crippen LogP contribution < -0.4 is 0 Å². The Morgan fingerprint density at radius 1 is 1.67 bits per heavy atom. The predicted molar refractivity (Wildman–Crippen MR) is 40.3 cm³/mol.